The molecule has 8 heteroatoms. The zero-order valence-electron chi connectivity index (χ0n) is 7.02. The van der Waals surface area contributed by atoms with Gasteiger partial charge >= 0.3 is 12.4 Å². The van der Waals surface area contributed by atoms with Crippen LogP contribution in [0.4, 0.5) is 26.3 Å². The summed E-state index contributed by atoms with van der Waals surface area (Å²) in [5, 5.41) is 8.79. The van der Waals surface area contributed by atoms with Crippen molar-refractivity contribution in [3.8, 4) is 0 Å². The lowest BCUT2D eigenvalue weighted by Crippen LogP contribution is -2.57. The van der Waals surface area contributed by atoms with Gasteiger partial charge in [-0.25, -0.2) is 0 Å². The highest BCUT2D eigenvalue weighted by atomic mass is 19.4. The van der Waals surface area contributed by atoms with E-state index in [1.54, 1.807) is 0 Å². The van der Waals surface area contributed by atoms with Crippen molar-refractivity contribution in [1.82, 2.24) is 0 Å². The van der Waals surface area contributed by atoms with E-state index in [-0.39, 0.29) is 0 Å². The summed E-state index contributed by atoms with van der Waals surface area (Å²) in [7, 11) is 0.984. The molecule has 1 nitrogen and oxygen atoms in total. The molecule has 0 atom stereocenters. The Morgan fingerprint density at radius 3 is 1.73 bits per heavy atom. The first-order valence-electron chi connectivity index (χ1n) is 3.68. The van der Waals surface area contributed by atoms with Crippen LogP contribution in [0.2, 0.25) is 0 Å². The van der Waals surface area contributed by atoms with Crippen LogP contribution in [0.15, 0.2) is 23.6 Å². The maximum absolute atomic E-state index is 12.2. The number of alkyl halides is 6. The minimum atomic E-state index is -5.81. The lowest BCUT2D eigenvalue weighted by Gasteiger charge is -2.32. The molecular formula is C7H4BF6O. The molecule has 1 aliphatic rings. The van der Waals surface area contributed by atoms with Gasteiger partial charge in [0.2, 0.25) is 0 Å². The summed E-state index contributed by atoms with van der Waals surface area (Å²) in [5.74, 6) is 1.55. The third kappa shape index (κ3) is 1.78. The molecule has 0 bridgehead atoms. The van der Waals surface area contributed by atoms with E-state index in [1.165, 1.54) is 0 Å². The zero-order chi connectivity index (χ0) is 11.9. The predicted octanol–water partition coefficient (Wildman–Crippen LogP) is 1.96. The van der Waals surface area contributed by atoms with Crippen molar-refractivity contribution in [3.63, 3.8) is 0 Å². The summed E-state index contributed by atoms with van der Waals surface area (Å²) < 4.78 is 73.2. The average Bonchev–Trinajstić information content (AvgIpc) is 2.49. The van der Waals surface area contributed by atoms with Crippen LogP contribution in [0.1, 0.15) is 0 Å². The molecule has 1 N–H and O–H groups in total. The van der Waals surface area contributed by atoms with Crippen molar-refractivity contribution in [3.05, 3.63) is 23.6 Å². The number of aliphatic hydroxyl groups is 1. The Morgan fingerprint density at radius 2 is 1.47 bits per heavy atom. The topological polar surface area (TPSA) is 20.2 Å². The summed E-state index contributed by atoms with van der Waals surface area (Å²) in [6.07, 6.45) is -11.0. The van der Waals surface area contributed by atoms with Gasteiger partial charge in [0.05, 0.1) is 0 Å². The summed E-state index contributed by atoms with van der Waals surface area (Å²) in [6, 6.07) is 0. The fourth-order valence-electron chi connectivity index (χ4n) is 1.10. The Morgan fingerprint density at radius 1 is 1.00 bits per heavy atom. The van der Waals surface area contributed by atoms with Crippen molar-refractivity contribution in [2.45, 2.75) is 18.0 Å². The highest BCUT2D eigenvalue weighted by molar-refractivity contribution is 6.49. The van der Waals surface area contributed by atoms with Crippen molar-refractivity contribution in [1.29, 1.82) is 0 Å². The molecule has 0 amide bonds. The molecule has 0 spiro atoms. The quantitative estimate of drug-likeness (QED) is 0.538. The molecule has 0 aromatic carbocycles. The van der Waals surface area contributed by atoms with Crippen LogP contribution in [0.25, 0.3) is 0 Å². The Bertz CT molecular complexity index is 298. The second kappa shape index (κ2) is 3.29. The standard InChI is InChI=1S/C7H4BF6O/c9-6(10,11)5(15,7(12,13)14)4-1-2-8-3-4/h1-3,15H. The van der Waals surface area contributed by atoms with Crippen LogP contribution >= 0.6 is 0 Å². The van der Waals surface area contributed by atoms with Gasteiger partial charge in [-0.05, 0) is 5.57 Å². The van der Waals surface area contributed by atoms with Gasteiger partial charge in [-0.2, -0.15) is 26.3 Å². The molecule has 0 saturated carbocycles. The van der Waals surface area contributed by atoms with E-state index in [9.17, 15) is 26.3 Å². The lowest BCUT2D eigenvalue weighted by atomic mass is 9.80. The van der Waals surface area contributed by atoms with Gasteiger partial charge in [0.25, 0.3) is 5.60 Å². The van der Waals surface area contributed by atoms with E-state index in [1.807, 2.05) is 0 Å². The number of halogens is 6. The monoisotopic (exact) mass is 229 g/mol. The molecule has 0 aromatic rings. The smallest absolute Gasteiger partial charge is 0.370 e. The molecule has 0 saturated heterocycles. The molecule has 0 fully saturated rings. The summed E-state index contributed by atoms with van der Waals surface area (Å²) in [6.45, 7) is 0. The van der Waals surface area contributed by atoms with Gasteiger partial charge in [-0.15, -0.1) is 12.0 Å². The van der Waals surface area contributed by atoms with E-state index in [4.69, 9.17) is 5.11 Å². The minimum absolute atomic E-state index is 0.570. The van der Waals surface area contributed by atoms with Gasteiger partial charge in [0, 0.05) is 0 Å². The fourth-order valence-corrected chi connectivity index (χ4v) is 1.10. The van der Waals surface area contributed by atoms with Crippen LogP contribution in [0.3, 0.4) is 0 Å². The molecular weight excluding hydrogens is 225 g/mol. The Hall–Kier alpha value is -0.915. The van der Waals surface area contributed by atoms with Crippen LogP contribution < -0.4 is 0 Å². The lowest BCUT2D eigenvalue weighted by molar-refractivity contribution is -0.350. The molecule has 0 aromatic heterocycles. The number of hydrogen-bond acceptors (Lipinski definition) is 1. The molecule has 1 aliphatic heterocycles. The van der Waals surface area contributed by atoms with Crippen molar-refractivity contribution >= 4 is 7.28 Å². The first kappa shape index (κ1) is 12.2. The van der Waals surface area contributed by atoms with Gasteiger partial charge < -0.3 is 5.11 Å². The summed E-state index contributed by atoms with van der Waals surface area (Å²) in [5.41, 5.74) is -6.04. The molecule has 0 aliphatic carbocycles. The molecule has 15 heavy (non-hydrogen) atoms. The van der Waals surface area contributed by atoms with E-state index < -0.39 is 23.5 Å². The maximum atomic E-state index is 12.2. The van der Waals surface area contributed by atoms with Gasteiger partial charge in [0.15, 0.2) is 7.28 Å². The van der Waals surface area contributed by atoms with Crippen LogP contribution in [0.5, 0.6) is 0 Å². The normalized spacial score (nSPS) is 17.7. The summed E-state index contributed by atoms with van der Waals surface area (Å²) in [4.78, 5) is 0. The van der Waals surface area contributed by atoms with E-state index in [0.717, 1.165) is 13.3 Å². The van der Waals surface area contributed by atoms with Crippen LogP contribution in [-0.2, 0) is 0 Å². The Kier molecular flexibility index (Phi) is 2.67. The van der Waals surface area contributed by atoms with Gasteiger partial charge in [-0.1, -0.05) is 6.08 Å². The Balaban J connectivity index is 3.25. The van der Waals surface area contributed by atoms with Crippen molar-refractivity contribution < 1.29 is 31.4 Å². The first-order valence-corrected chi connectivity index (χ1v) is 3.68. The molecule has 1 rings (SSSR count). The average molecular weight is 229 g/mol. The van der Waals surface area contributed by atoms with E-state index in [2.05, 4.69) is 0 Å². The molecule has 83 valence electrons. The van der Waals surface area contributed by atoms with E-state index in [0.29, 0.717) is 12.1 Å². The highest BCUT2D eigenvalue weighted by Crippen LogP contribution is 2.48. The maximum Gasteiger partial charge on any atom is 0.430 e. The second-order valence-corrected chi connectivity index (χ2v) is 2.88. The molecule has 0 unspecified atom stereocenters. The first-order chi connectivity index (χ1) is 6.61. The van der Waals surface area contributed by atoms with E-state index >= 15 is 0 Å². The van der Waals surface area contributed by atoms with Crippen molar-refractivity contribution in [2.75, 3.05) is 0 Å². The number of hydrogen-bond donors (Lipinski definition) is 1. The fraction of sp³-hybridized carbons (Fsp3) is 0.429. The minimum Gasteiger partial charge on any atom is -0.370 e. The highest BCUT2D eigenvalue weighted by Gasteiger charge is 2.71. The van der Waals surface area contributed by atoms with Gasteiger partial charge in [-0.3, -0.25) is 0 Å². The SMILES string of the molecule is OC(C1=C[B]C=C1)(C(F)(F)F)C(F)(F)F. The number of rotatable bonds is 1. The molecule has 1 radical (unpaired) electrons. The van der Waals surface area contributed by atoms with Crippen molar-refractivity contribution in [2.24, 2.45) is 0 Å². The largest absolute Gasteiger partial charge is 0.430 e. The predicted molar refractivity (Wildman–Crippen MR) is 40.0 cm³/mol. The van der Waals surface area contributed by atoms with Crippen LogP contribution in [-0.4, -0.2) is 30.3 Å². The van der Waals surface area contributed by atoms with Gasteiger partial charge in [0.1, 0.15) is 0 Å². The third-order valence-corrected chi connectivity index (χ3v) is 1.90. The molecule has 1 heterocycles. The zero-order valence-corrected chi connectivity index (χ0v) is 7.02. The third-order valence-electron chi connectivity index (χ3n) is 1.90. The second-order valence-electron chi connectivity index (χ2n) is 2.88. The Labute approximate surface area is 81.3 Å². The summed E-state index contributed by atoms with van der Waals surface area (Å²) >= 11 is 0. The van der Waals surface area contributed by atoms with Crippen LogP contribution in [0, 0.1) is 0 Å².